The minimum atomic E-state index is -4.44. The number of hydrogen-bond acceptors (Lipinski definition) is 5. The smallest absolute Gasteiger partial charge is 0.383 e. The number of ether oxygens (including phenoxy) is 1. The molecule has 140 valence electrons. The molecule has 0 atom stereocenters. The third kappa shape index (κ3) is 5.38. The molecule has 0 saturated heterocycles. The first-order valence-electron chi connectivity index (χ1n) is 7.70. The number of H-pyrrole nitrogens is 1. The summed E-state index contributed by atoms with van der Waals surface area (Å²) >= 11 is 0. The van der Waals surface area contributed by atoms with Gasteiger partial charge in [0, 0.05) is 32.1 Å². The monoisotopic (exact) mass is 370 g/mol. The molecule has 2 N–H and O–H groups in total. The summed E-state index contributed by atoms with van der Waals surface area (Å²) in [5.41, 5.74) is -0.971. The number of aromatic nitrogens is 3. The van der Waals surface area contributed by atoms with Crippen molar-refractivity contribution >= 4 is 5.91 Å². The van der Waals surface area contributed by atoms with Gasteiger partial charge in [-0.25, -0.2) is 0 Å². The van der Waals surface area contributed by atoms with Crippen molar-refractivity contribution in [1.82, 2.24) is 20.5 Å². The highest BCUT2D eigenvalue weighted by Crippen LogP contribution is 2.30. The van der Waals surface area contributed by atoms with E-state index in [1.165, 1.54) is 19.2 Å². The summed E-state index contributed by atoms with van der Waals surface area (Å²) in [4.78, 5) is 26.1. The molecule has 0 bridgehead atoms. The second-order valence-electron chi connectivity index (χ2n) is 5.37. The maximum atomic E-state index is 12.6. The van der Waals surface area contributed by atoms with Crippen LogP contribution in [-0.2, 0) is 22.1 Å². The topological polar surface area (TPSA) is 97.0 Å². The zero-order valence-corrected chi connectivity index (χ0v) is 13.9. The van der Waals surface area contributed by atoms with Gasteiger partial charge in [-0.3, -0.25) is 9.59 Å². The van der Waals surface area contributed by atoms with Crippen LogP contribution in [0.2, 0.25) is 0 Å². The highest BCUT2D eigenvalue weighted by molar-refractivity contribution is 5.76. The van der Waals surface area contributed by atoms with Gasteiger partial charge in [-0.05, 0) is 12.1 Å². The summed E-state index contributed by atoms with van der Waals surface area (Å²) in [6.45, 7) is 0.748. The van der Waals surface area contributed by atoms with E-state index in [1.54, 1.807) is 0 Å². The van der Waals surface area contributed by atoms with Crippen LogP contribution in [0.15, 0.2) is 29.1 Å². The standard InChI is InChI=1S/C16H17F3N4O3/c1-26-9-8-20-13(24)7-6-12-15(25)21-14(23-22-12)10-2-4-11(5-3-10)16(17,18)19/h2-5H,6-9H2,1H3,(H,20,24)(H,21,23,25). The highest BCUT2D eigenvalue weighted by Gasteiger charge is 2.30. The number of methoxy groups -OCH3 is 1. The van der Waals surface area contributed by atoms with Crippen LogP contribution in [0.1, 0.15) is 17.7 Å². The minimum Gasteiger partial charge on any atom is -0.383 e. The fourth-order valence-corrected chi connectivity index (χ4v) is 2.08. The van der Waals surface area contributed by atoms with E-state index in [0.717, 1.165) is 12.1 Å². The Morgan fingerprint density at radius 1 is 1.23 bits per heavy atom. The zero-order valence-electron chi connectivity index (χ0n) is 13.9. The number of amides is 1. The Hall–Kier alpha value is -2.75. The predicted molar refractivity (Wildman–Crippen MR) is 86.3 cm³/mol. The third-order valence-electron chi connectivity index (χ3n) is 3.47. The number of nitrogens with zero attached hydrogens (tertiary/aromatic N) is 2. The molecule has 0 aliphatic carbocycles. The molecule has 2 rings (SSSR count). The zero-order chi connectivity index (χ0) is 19.2. The van der Waals surface area contributed by atoms with Crippen LogP contribution in [0.25, 0.3) is 11.4 Å². The van der Waals surface area contributed by atoms with Crippen molar-refractivity contribution in [3.05, 3.63) is 45.9 Å². The molecule has 7 nitrogen and oxygen atoms in total. The van der Waals surface area contributed by atoms with Crippen LogP contribution in [0.5, 0.6) is 0 Å². The first-order valence-corrected chi connectivity index (χ1v) is 7.70. The molecule has 2 aromatic rings. The summed E-state index contributed by atoms with van der Waals surface area (Å²) in [7, 11) is 1.51. The number of aromatic amines is 1. The van der Waals surface area contributed by atoms with E-state index in [0.29, 0.717) is 18.7 Å². The number of nitrogens with one attached hydrogen (secondary N) is 2. The molecule has 1 amide bonds. The Bertz CT molecular complexity index is 804. The lowest BCUT2D eigenvalue weighted by molar-refractivity contribution is -0.137. The second-order valence-corrected chi connectivity index (χ2v) is 5.37. The first-order chi connectivity index (χ1) is 12.3. The fraction of sp³-hybridized carbons (Fsp3) is 0.375. The molecule has 0 radical (unpaired) electrons. The average Bonchev–Trinajstić information content (AvgIpc) is 2.60. The van der Waals surface area contributed by atoms with Crippen molar-refractivity contribution < 1.29 is 22.7 Å². The number of benzene rings is 1. The maximum absolute atomic E-state index is 12.6. The van der Waals surface area contributed by atoms with Gasteiger partial charge in [0.2, 0.25) is 5.91 Å². The minimum absolute atomic E-state index is 0.0528. The van der Waals surface area contributed by atoms with Gasteiger partial charge in [0.1, 0.15) is 5.69 Å². The number of carbonyl (C=O) groups excluding carboxylic acids is 1. The van der Waals surface area contributed by atoms with E-state index < -0.39 is 17.3 Å². The molecule has 1 aromatic heterocycles. The number of halogens is 3. The molecule has 1 heterocycles. The molecular weight excluding hydrogens is 353 g/mol. The Morgan fingerprint density at radius 3 is 2.50 bits per heavy atom. The number of carbonyl (C=O) groups is 1. The first kappa shape index (κ1) is 19.6. The molecule has 0 unspecified atom stereocenters. The largest absolute Gasteiger partial charge is 0.416 e. The van der Waals surface area contributed by atoms with E-state index in [2.05, 4.69) is 20.5 Å². The van der Waals surface area contributed by atoms with E-state index in [9.17, 15) is 22.8 Å². The molecule has 10 heteroatoms. The summed E-state index contributed by atoms with van der Waals surface area (Å²) in [6.07, 6.45) is -4.29. The van der Waals surface area contributed by atoms with Gasteiger partial charge in [-0.1, -0.05) is 12.1 Å². The number of hydrogen-bond donors (Lipinski definition) is 2. The van der Waals surface area contributed by atoms with Gasteiger partial charge in [-0.2, -0.15) is 13.2 Å². The molecular formula is C16H17F3N4O3. The van der Waals surface area contributed by atoms with E-state index >= 15 is 0 Å². The SMILES string of the molecule is COCCNC(=O)CCc1nnc(-c2ccc(C(F)(F)F)cc2)[nH]c1=O. The lowest BCUT2D eigenvalue weighted by Gasteiger charge is -2.07. The van der Waals surface area contributed by atoms with E-state index in [4.69, 9.17) is 4.74 Å². The molecule has 1 aromatic carbocycles. The van der Waals surface area contributed by atoms with Gasteiger partial charge in [0.25, 0.3) is 5.56 Å². The molecule has 0 fully saturated rings. The summed E-state index contributed by atoms with van der Waals surface area (Å²) in [5, 5.41) is 10.2. The van der Waals surface area contributed by atoms with Gasteiger partial charge in [0.15, 0.2) is 5.82 Å². The normalized spacial score (nSPS) is 11.4. The summed E-state index contributed by atoms with van der Waals surface area (Å²) in [5.74, 6) is -0.202. The van der Waals surface area contributed by atoms with Crippen molar-refractivity contribution in [3.8, 4) is 11.4 Å². The molecule has 26 heavy (non-hydrogen) atoms. The number of alkyl halides is 3. The molecule has 0 aliphatic rings. The van der Waals surface area contributed by atoms with Gasteiger partial charge in [-0.15, -0.1) is 10.2 Å². The van der Waals surface area contributed by atoms with Crippen molar-refractivity contribution in [2.75, 3.05) is 20.3 Å². The van der Waals surface area contributed by atoms with Crippen LogP contribution in [-0.4, -0.2) is 41.3 Å². The van der Waals surface area contributed by atoms with Crippen molar-refractivity contribution in [2.24, 2.45) is 0 Å². The molecule has 0 spiro atoms. The second kappa shape index (κ2) is 8.56. The fourth-order valence-electron chi connectivity index (χ4n) is 2.08. The van der Waals surface area contributed by atoms with E-state index in [-0.39, 0.29) is 30.3 Å². The van der Waals surface area contributed by atoms with Gasteiger partial charge >= 0.3 is 6.18 Å². The third-order valence-corrected chi connectivity index (χ3v) is 3.47. The average molecular weight is 370 g/mol. The van der Waals surface area contributed by atoms with Crippen molar-refractivity contribution in [2.45, 2.75) is 19.0 Å². The quantitative estimate of drug-likeness (QED) is 0.721. The Morgan fingerprint density at radius 2 is 1.92 bits per heavy atom. The van der Waals surface area contributed by atoms with Gasteiger partial charge < -0.3 is 15.0 Å². The highest BCUT2D eigenvalue weighted by atomic mass is 19.4. The van der Waals surface area contributed by atoms with Crippen LogP contribution in [0.3, 0.4) is 0 Å². The Labute approximate surface area is 146 Å². The molecule has 0 aliphatic heterocycles. The lowest BCUT2D eigenvalue weighted by atomic mass is 10.1. The van der Waals surface area contributed by atoms with Crippen LogP contribution in [0.4, 0.5) is 13.2 Å². The number of rotatable bonds is 7. The molecule has 0 saturated carbocycles. The van der Waals surface area contributed by atoms with Crippen molar-refractivity contribution in [1.29, 1.82) is 0 Å². The van der Waals surface area contributed by atoms with E-state index in [1.807, 2.05) is 0 Å². The summed E-state index contributed by atoms with van der Waals surface area (Å²) < 4.78 is 42.5. The Balaban J connectivity index is 2.03. The number of aryl methyl sites for hydroxylation is 1. The van der Waals surface area contributed by atoms with Crippen LogP contribution < -0.4 is 10.9 Å². The van der Waals surface area contributed by atoms with Crippen molar-refractivity contribution in [3.63, 3.8) is 0 Å². The lowest BCUT2D eigenvalue weighted by Crippen LogP contribution is -2.28. The van der Waals surface area contributed by atoms with Crippen LogP contribution >= 0.6 is 0 Å². The predicted octanol–water partition coefficient (Wildman–Crippen LogP) is 1.55. The van der Waals surface area contributed by atoms with Gasteiger partial charge in [0.05, 0.1) is 12.2 Å². The Kier molecular flexibility index (Phi) is 6.45. The van der Waals surface area contributed by atoms with Crippen LogP contribution in [0, 0.1) is 0 Å². The summed E-state index contributed by atoms with van der Waals surface area (Å²) in [6, 6.07) is 4.19. The maximum Gasteiger partial charge on any atom is 0.416 e.